The molecule has 0 fully saturated rings. The lowest BCUT2D eigenvalue weighted by molar-refractivity contribution is -0.660. The third-order valence-electron chi connectivity index (χ3n) is 5.56. The molecule has 1 aromatic heterocycles. The Morgan fingerprint density at radius 3 is 1.89 bits per heavy atom. The van der Waals surface area contributed by atoms with Crippen LogP contribution in [0.3, 0.4) is 0 Å². The van der Waals surface area contributed by atoms with Crippen molar-refractivity contribution in [3.05, 3.63) is 102 Å². The van der Waals surface area contributed by atoms with Gasteiger partial charge in [0.15, 0.2) is 6.20 Å². The van der Waals surface area contributed by atoms with Crippen molar-refractivity contribution in [2.75, 3.05) is 0 Å². The van der Waals surface area contributed by atoms with Crippen LogP contribution in [0.1, 0.15) is 16.7 Å². The lowest BCUT2D eigenvalue weighted by atomic mass is 9.95. The van der Waals surface area contributed by atoms with Crippen LogP contribution in [0.15, 0.2) is 85.1 Å². The van der Waals surface area contributed by atoms with Gasteiger partial charge in [-0.1, -0.05) is 66.2 Å². The van der Waals surface area contributed by atoms with Gasteiger partial charge in [-0.25, -0.2) is 4.57 Å². The Morgan fingerprint density at radius 2 is 1.21 bits per heavy atom. The van der Waals surface area contributed by atoms with E-state index in [1.54, 1.807) is 0 Å². The van der Waals surface area contributed by atoms with E-state index in [0.717, 1.165) is 0 Å². The quantitative estimate of drug-likeness (QED) is 0.368. The molecule has 0 bridgehead atoms. The first-order valence-corrected chi connectivity index (χ1v) is 9.77. The van der Waals surface area contributed by atoms with E-state index < -0.39 is 0 Å². The maximum atomic E-state index is 2.30. The van der Waals surface area contributed by atoms with Crippen molar-refractivity contribution in [2.24, 2.45) is 7.05 Å². The third-order valence-corrected chi connectivity index (χ3v) is 5.56. The molecular weight excluding hydrogens is 338 g/mol. The minimum Gasteiger partial charge on any atom is -0.201 e. The van der Waals surface area contributed by atoms with Gasteiger partial charge in [-0.05, 0) is 60.2 Å². The molecule has 0 aliphatic rings. The van der Waals surface area contributed by atoms with Gasteiger partial charge >= 0.3 is 0 Å². The monoisotopic (exact) mass is 364 g/mol. The summed E-state index contributed by atoms with van der Waals surface area (Å²) >= 11 is 0. The summed E-state index contributed by atoms with van der Waals surface area (Å²) in [5.41, 5.74) is 11.5. The maximum Gasteiger partial charge on any atom is 0.213 e. The largest absolute Gasteiger partial charge is 0.213 e. The lowest BCUT2D eigenvalue weighted by Gasteiger charge is -2.11. The fourth-order valence-corrected chi connectivity index (χ4v) is 3.81. The highest BCUT2D eigenvalue weighted by Crippen LogP contribution is 2.29. The molecular formula is C27H26N+. The molecule has 28 heavy (non-hydrogen) atoms. The molecule has 138 valence electrons. The highest BCUT2D eigenvalue weighted by molar-refractivity contribution is 5.73. The summed E-state index contributed by atoms with van der Waals surface area (Å²) in [6.45, 7) is 6.57. The zero-order valence-electron chi connectivity index (χ0n) is 17.0. The molecule has 0 radical (unpaired) electrons. The van der Waals surface area contributed by atoms with Crippen molar-refractivity contribution < 1.29 is 4.57 Å². The topological polar surface area (TPSA) is 3.88 Å². The Hall–Kier alpha value is -3.19. The second-order valence-electron chi connectivity index (χ2n) is 7.61. The second-order valence-corrected chi connectivity index (χ2v) is 7.61. The average Bonchev–Trinajstić information content (AvgIpc) is 2.72. The van der Waals surface area contributed by atoms with Crippen molar-refractivity contribution in [2.45, 2.75) is 20.8 Å². The number of pyridine rings is 1. The van der Waals surface area contributed by atoms with Gasteiger partial charge in [0.05, 0.1) is 0 Å². The van der Waals surface area contributed by atoms with Crippen molar-refractivity contribution in [3.8, 4) is 33.5 Å². The zero-order valence-corrected chi connectivity index (χ0v) is 17.0. The molecule has 3 aromatic carbocycles. The number of aryl methyl sites for hydroxylation is 3. The van der Waals surface area contributed by atoms with Gasteiger partial charge in [0.2, 0.25) is 5.69 Å². The molecule has 1 nitrogen and oxygen atoms in total. The van der Waals surface area contributed by atoms with E-state index in [1.165, 1.54) is 50.2 Å². The minimum absolute atomic E-state index is 1.24. The maximum absolute atomic E-state index is 2.30. The first kappa shape index (κ1) is 18.2. The van der Waals surface area contributed by atoms with Gasteiger partial charge in [0, 0.05) is 17.7 Å². The standard InChI is InChI=1S/C27H26N/c1-19-16-20(2)21(3)26(17-19)27-18-25(14-15-28(27)4)24-12-10-23(11-13-24)22-8-6-5-7-9-22/h5-18H,1-4H3/q+1. The summed E-state index contributed by atoms with van der Waals surface area (Å²) in [4.78, 5) is 0. The smallest absolute Gasteiger partial charge is 0.201 e. The Bertz CT molecular complexity index is 1120. The van der Waals surface area contributed by atoms with Gasteiger partial charge in [0.1, 0.15) is 7.05 Å². The van der Waals surface area contributed by atoms with Gasteiger partial charge in [0.25, 0.3) is 0 Å². The summed E-state index contributed by atoms with van der Waals surface area (Å²) in [6, 6.07) is 28.4. The highest BCUT2D eigenvalue weighted by atomic mass is 14.9. The predicted molar refractivity (Wildman–Crippen MR) is 118 cm³/mol. The van der Waals surface area contributed by atoms with E-state index in [0.29, 0.717) is 0 Å². The van der Waals surface area contributed by atoms with E-state index in [2.05, 4.69) is 117 Å². The second kappa shape index (κ2) is 7.44. The molecule has 0 aliphatic heterocycles. The Morgan fingerprint density at radius 1 is 0.607 bits per heavy atom. The van der Waals surface area contributed by atoms with Crippen LogP contribution in [-0.2, 0) is 7.05 Å². The van der Waals surface area contributed by atoms with Crippen molar-refractivity contribution >= 4 is 0 Å². The average molecular weight is 365 g/mol. The minimum atomic E-state index is 1.24. The van der Waals surface area contributed by atoms with Crippen LogP contribution in [0.5, 0.6) is 0 Å². The van der Waals surface area contributed by atoms with Crippen LogP contribution >= 0.6 is 0 Å². The summed E-state index contributed by atoms with van der Waals surface area (Å²) in [6.07, 6.45) is 2.16. The summed E-state index contributed by atoms with van der Waals surface area (Å²) in [7, 11) is 2.12. The molecule has 1 heteroatoms. The van der Waals surface area contributed by atoms with Gasteiger partial charge in [-0.15, -0.1) is 0 Å². The molecule has 0 atom stereocenters. The summed E-state index contributed by atoms with van der Waals surface area (Å²) in [5, 5.41) is 0. The third kappa shape index (κ3) is 3.48. The number of rotatable bonds is 3. The summed E-state index contributed by atoms with van der Waals surface area (Å²) < 4.78 is 2.21. The van der Waals surface area contributed by atoms with Gasteiger partial charge in [-0.2, -0.15) is 0 Å². The fraction of sp³-hybridized carbons (Fsp3) is 0.148. The highest BCUT2D eigenvalue weighted by Gasteiger charge is 2.16. The van der Waals surface area contributed by atoms with E-state index in [9.17, 15) is 0 Å². The van der Waals surface area contributed by atoms with Crippen LogP contribution < -0.4 is 4.57 Å². The van der Waals surface area contributed by atoms with Crippen molar-refractivity contribution in [1.29, 1.82) is 0 Å². The van der Waals surface area contributed by atoms with Crippen LogP contribution in [0.4, 0.5) is 0 Å². The first-order valence-electron chi connectivity index (χ1n) is 9.77. The number of nitrogens with zero attached hydrogens (tertiary/aromatic N) is 1. The fourth-order valence-electron chi connectivity index (χ4n) is 3.81. The van der Waals surface area contributed by atoms with Crippen LogP contribution in [0, 0.1) is 20.8 Å². The number of aromatic nitrogens is 1. The van der Waals surface area contributed by atoms with E-state index in [-0.39, 0.29) is 0 Å². The van der Waals surface area contributed by atoms with E-state index >= 15 is 0 Å². The predicted octanol–water partition coefficient (Wildman–Crippen LogP) is 6.44. The molecule has 0 saturated carbocycles. The number of hydrogen-bond donors (Lipinski definition) is 0. The lowest BCUT2D eigenvalue weighted by Crippen LogP contribution is -2.30. The first-order chi connectivity index (χ1) is 13.5. The Labute approximate surface area is 167 Å². The Balaban J connectivity index is 1.76. The molecule has 0 aliphatic carbocycles. The molecule has 4 aromatic rings. The molecule has 0 amide bonds. The van der Waals surface area contributed by atoms with Crippen molar-refractivity contribution in [1.82, 2.24) is 0 Å². The molecule has 0 N–H and O–H groups in total. The normalized spacial score (nSPS) is 10.9. The Kier molecular flexibility index (Phi) is 4.83. The molecule has 0 spiro atoms. The van der Waals surface area contributed by atoms with E-state index in [4.69, 9.17) is 0 Å². The van der Waals surface area contributed by atoms with Gasteiger partial charge in [-0.3, -0.25) is 0 Å². The SMILES string of the molecule is Cc1cc(C)c(C)c(-c2cc(-c3ccc(-c4ccccc4)cc3)cc[n+]2C)c1. The van der Waals surface area contributed by atoms with Crippen LogP contribution in [-0.4, -0.2) is 0 Å². The number of benzene rings is 3. The van der Waals surface area contributed by atoms with Crippen molar-refractivity contribution in [3.63, 3.8) is 0 Å². The molecule has 0 unspecified atom stereocenters. The van der Waals surface area contributed by atoms with Gasteiger partial charge < -0.3 is 0 Å². The summed E-state index contributed by atoms with van der Waals surface area (Å²) in [5.74, 6) is 0. The van der Waals surface area contributed by atoms with Crippen LogP contribution in [0.25, 0.3) is 33.5 Å². The van der Waals surface area contributed by atoms with Crippen LogP contribution in [0.2, 0.25) is 0 Å². The zero-order chi connectivity index (χ0) is 19.7. The number of hydrogen-bond acceptors (Lipinski definition) is 0. The molecule has 4 rings (SSSR count). The van der Waals surface area contributed by atoms with E-state index in [1.807, 2.05) is 0 Å². The molecule has 1 heterocycles. The molecule has 0 saturated heterocycles.